The van der Waals surface area contributed by atoms with Gasteiger partial charge in [-0.25, -0.2) is 15.0 Å². The van der Waals surface area contributed by atoms with Crippen LogP contribution in [0.1, 0.15) is 0 Å². The van der Waals surface area contributed by atoms with Crippen LogP contribution < -0.4 is 5.73 Å². The molecule has 3 rings (SSSR count). The molecule has 0 amide bonds. The number of halogens is 1. The molecule has 4 nitrogen and oxygen atoms in total. The summed E-state index contributed by atoms with van der Waals surface area (Å²) in [6.07, 6.45) is 1.43. The molecule has 1 aromatic carbocycles. The number of nitrogens with zero attached hydrogens (tertiary/aromatic N) is 3. The van der Waals surface area contributed by atoms with Crippen LogP contribution in [0.15, 0.2) is 35.1 Å². The van der Waals surface area contributed by atoms with Crippen molar-refractivity contribution in [3.05, 3.63) is 35.1 Å². The maximum Gasteiger partial charge on any atom is 0.165 e. The fraction of sp³-hybridized carbons (Fsp3) is 0. The van der Waals surface area contributed by atoms with Gasteiger partial charge >= 0.3 is 0 Å². The minimum absolute atomic E-state index is 0.458. The molecule has 0 saturated carbocycles. The van der Waals surface area contributed by atoms with Gasteiger partial charge in [-0.2, -0.15) is 0 Å². The number of hydrogen-bond acceptors (Lipinski definition) is 4. The SMILES string of the molecule is Nc1ncnc2nc3ccc(Br)cc3cc12. The van der Waals surface area contributed by atoms with Gasteiger partial charge in [0.15, 0.2) is 5.65 Å². The number of hydrogen-bond donors (Lipinski definition) is 1. The first kappa shape index (κ1) is 9.47. The number of rotatable bonds is 0. The van der Waals surface area contributed by atoms with Crippen molar-refractivity contribution in [2.24, 2.45) is 0 Å². The number of anilines is 1. The van der Waals surface area contributed by atoms with E-state index >= 15 is 0 Å². The first-order valence-electron chi connectivity index (χ1n) is 4.70. The summed E-state index contributed by atoms with van der Waals surface area (Å²) in [5, 5.41) is 1.80. The fourth-order valence-corrected chi connectivity index (χ4v) is 2.02. The Labute approximate surface area is 99.7 Å². The van der Waals surface area contributed by atoms with Gasteiger partial charge in [-0.15, -0.1) is 0 Å². The van der Waals surface area contributed by atoms with Gasteiger partial charge in [-0.1, -0.05) is 15.9 Å². The molecule has 0 unspecified atom stereocenters. The Hall–Kier alpha value is -1.75. The third kappa shape index (κ3) is 1.40. The molecule has 3 aromatic rings. The van der Waals surface area contributed by atoms with Crippen LogP contribution in [0.25, 0.3) is 21.9 Å². The van der Waals surface area contributed by atoms with E-state index in [2.05, 4.69) is 30.9 Å². The predicted octanol–water partition coefficient (Wildman–Crippen LogP) is 2.52. The van der Waals surface area contributed by atoms with Crippen LogP contribution in [0.2, 0.25) is 0 Å². The van der Waals surface area contributed by atoms with Crippen LogP contribution in [-0.2, 0) is 0 Å². The predicted molar refractivity (Wildman–Crippen MR) is 67.0 cm³/mol. The molecule has 0 fully saturated rings. The molecular formula is C11H7BrN4. The highest BCUT2D eigenvalue weighted by atomic mass is 79.9. The lowest BCUT2D eigenvalue weighted by Gasteiger charge is -2.02. The van der Waals surface area contributed by atoms with E-state index in [0.29, 0.717) is 11.5 Å². The Bertz CT molecular complexity index is 696. The van der Waals surface area contributed by atoms with Crippen LogP contribution in [0, 0.1) is 0 Å². The maximum atomic E-state index is 5.78. The Kier molecular flexibility index (Phi) is 2.00. The van der Waals surface area contributed by atoms with Crippen molar-refractivity contribution < 1.29 is 0 Å². The monoisotopic (exact) mass is 274 g/mol. The second-order valence-corrected chi connectivity index (χ2v) is 4.37. The van der Waals surface area contributed by atoms with E-state index < -0.39 is 0 Å². The maximum absolute atomic E-state index is 5.78. The second-order valence-electron chi connectivity index (χ2n) is 3.46. The van der Waals surface area contributed by atoms with Gasteiger partial charge in [0.25, 0.3) is 0 Å². The first-order valence-corrected chi connectivity index (χ1v) is 5.50. The zero-order valence-corrected chi connectivity index (χ0v) is 9.77. The highest BCUT2D eigenvalue weighted by molar-refractivity contribution is 9.10. The standard InChI is InChI=1S/C11H7BrN4/c12-7-1-2-9-6(3-7)4-8-10(13)14-5-15-11(8)16-9/h1-5H,(H2,13,14,15,16). The zero-order chi connectivity index (χ0) is 11.1. The fourth-order valence-electron chi connectivity index (χ4n) is 1.64. The summed E-state index contributed by atoms with van der Waals surface area (Å²) in [5.41, 5.74) is 7.31. The van der Waals surface area contributed by atoms with Crippen LogP contribution in [0.5, 0.6) is 0 Å². The molecule has 0 aliphatic rings. The molecule has 0 saturated heterocycles. The summed E-state index contributed by atoms with van der Waals surface area (Å²) in [5.74, 6) is 0.458. The number of benzene rings is 1. The molecular weight excluding hydrogens is 268 g/mol. The third-order valence-corrected chi connectivity index (χ3v) is 2.90. The molecule has 0 atom stereocenters. The van der Waals surface area contributed by atoms with Crippen LogP contribution in [0.3, 0.4) is 0 Å². The lowest BCUT2D eigenvalue weighted by molar-refractivity contribution is 1.20. The average Bonchev–Trinajstić information content (AvgIpc) is 2.28. The van der Waals surface area contributed by atoms with Gasteiger partial charge in [-0.3, -0.25) is 0 Å². The third-order valence-electron chi connectivity index (χ3n) is 2.41. The number of pyridine rings is 1. The van der Waals surface area contributed by atoms with E-state index in [4.69, 9.17) is 5.73 Å². The molecule has 16 heavy (non-hydrogen) atoms. The topological polar surface area (TPSA) is 64.7 Å². The summed E-state index contributed by atoms with van der Waals surface area (Å²) >= 11 is 3.42. The van der Waals surface area contributed by atoms with Crippen LogP contribution in [-0.4, -0.2) is 15.0 Å². The number of nitrogen functional groups attached to an aromatic ring is 1. The highest BCUT2D eigenvalue weighted by Crippen LogP contribution is 2.23. The summed E-state index contributed by atoms with van der Waals surface area (Å²) in [4.78, 5) is 12.5. The van der Waals surface area contributed by atoms with Crippen molar-refractivity contribution >= 4 is 43.7 Å². The highest BCUT2D eigenvalue weighted by Gasteiger charge is 2.04. The lowest BCUT2D eigenvalue weighted by atomic mass is 10.2. The number of nitrogens with two attached hydrogens (primary N) is 1. The zero-order valence-electron chi connectivity index (χ0n) is 8.18. The van der Waals surface area contributed by atoms with Gasteiger partial charge in [0, 0.05) is 9.86 Å². The van der Waals surface area contributed by atoms with E-state index in [-0.39, 0.29) is 0 Å². The van der Waals surface area contributed by atoms with Crippen LogP contribution >= 0.6 is 15.9 Å². The summed E-state index contributed by atoms with van der Waals surface area (Å²) in [7, 11) is 0. The average molecular weight is 275 g/mol. The van der Waals surface area contributed by atoms with E-state index in [0.717, 1.165) is 20.8 Å². The largest absolute Gasteiger partial charge is 0.383 e. The summed E-state index contributed by atoms with van der Waals surface area (Å²) in [6.45, 7) is 0. The summed E-state index contributed by atoms with van der Waals surface area (Å²) in [6, 6.07) is 7.84. The Morgan fingerprint density at radius 1 is 1.12 bits per heavy atom. The Balaban J connectivity index is 2.49. The van der Waals surface area contributed by atoms with Crippen LogP contribution in [0.4, 0.5) is 5.82 Å². The number of aromatic nitrogens is 3. The molecule has 2 heterocycles. The van der Waals surface area contributed by atoms with Crippen molar-refractivity contribution in [1.29, 1.82) is 0 Å². The van der Waals surface area contributed by atoms with Crippen molar-refractivity contribution in [2.45, 2.75) is 0 Å². The van der Waals surface area contributed by atoms with Gasteiger partial charge in [0.1, 0.15) is 12.1 Å². The van der Waals surface area contributed by atoms with E-state index in [1.165, 1.54) is 6.33 Å². The molecule has 0 bridgehead atoms. The molecule has 5 heteroatoms. The van der Waals surface area contributed by atoms with E-state index in [9.17, 15) is 0 Å². The van der Waals surface area contributed by atoms with Crippen molar-refractivity contribution in [1.82, 2.24) is 15.0 Å². The normalized spacial score (nSPS) is 11.1. The van der Waals surface area contributed by atoms with Gasteiger partial charge in [0.2, 0.25) is 0 Å². The minimum atomic E-state index is 0.458. The molecule has 0 aliphatic carbocycles. The van der Waals surface area contributed by atoms with Crippen molar-refractivity contribution in [3.8, 4) is 0 Å². The Morgan fingerprint density at radius 3 is 2.88 bits per heavy atom. The van der Waals surface area contributed by atoms with E-state index in [1.807, 2.05) is 24.3 Å². The van der Waals surface area contributed by atoms with Crippen molar-refractivity contribution in [3.63, 3.8) is 0 Å². The smallest absolute Gasteiger partial charge is 0.165 e. The molecule has 0 spiro atoms. The lowest BCUT2D eigenvalue weighted by Crippen LogP contribution is -1.95. The second kappa shape index (κ2) is 3.38. The molecule has 78 valence electrons. The Morgan fingerprint density at radius 2 is 2.00 bits per heavy atom. The summed E-state index contributed by atoms with van der Waals surface area (Å²) < 4.78 is 1.01. The quantitative estimate of drug-likeness (QED) is 0.640. The number of fused-ring (bicyclic) bond motifs is 2. The van der Waals surface area contributed by atoms with Gasteiger partial charge < -0.3 is 5.73 Å². The molecule has 2 aromatic heterocycles. The van der Waals surface area contributed by atoms with Gasteiger partial charge in [-0.05, 0) is 24.3 Å². The minimum Gasteiger partial charge on any atom is -0.383 e. The molecule has 0 aliphatic heterocycles. The molecule has 0 radical (unpaired) electrons. The van der Waals surface area contributed by atoms with E-state index in [1.54, 1.807) is 0 Å². The van der Waals surface area contributed by atoms with Gasteiger partial charge in [0.05, 0.1) is 10.9 Å². The van der Waals surface area contributed by atoms with Crippen molar-refractivity contribution in [2.75, 3.05) is 5.73 Å². The molecule has 2 N–H and O–H groups in total. The first-order chi connectivity index (χ1) is 7.74.